The first-order chi connectivity index (χ1) is 13.0. The molecule has 0 saturated carbocycles. The SMILES string of the molecule is COc1ccc2cc3cc(C(=O)Nc4ccc(C(C)C)cc4)oc3nc2c1. The average Bonchev–Trinajstić information content (AvgIpc) is 3.09. The van der Waals surface area contributed by atoms with Gasteiger partial charge in [0.25, 0.3) is 5.91 Å². The molecule has 27 heavy (non-hydrogen) atoms. The number of nitrogens with one attached hydrogen (secondary N) is 1. The summed E-state index contributed by atoms with van der Waals surface area (Å²) < 4.78 is 10.9. The molecule has 5 heteroatoms. The van der Waals surface area contributed by atoms with Gasteiger partial charge in [-0.2, -0.15) is 0 Å². The molecule has 0 spiro atoms. The Morgan fingerprint density at radius 3 is 2.52 bits per heavy atom. The quantitative estimate of drug-likeness (QED) is 0.532. The molecule has 2 aromatic heterocycles. The predicted molar refractivity (Wildman–Crippen MR) is 107 cm³/mol. The normalized spacial score (nSPS) is 11.3. The Balaban J connectivity index is 1.62. The van der Waals surface area contributed by atoms with Crippen LogP contribution in [0.3, 0.4) is 0 Å². The standard InChI is InChI=1S/C22H20N2O3/c1-13(2)14-4-7-17(8-5-14)23-21(25)20-11-16-10-15-6-9-18(26-3)12-19(15)24-22(16)27-20/h4-13H,1-3H3,(H,23,25). The van der Waals surface area contributed by atoms with E-state index in [1.54, 1.807) is 13.2 Å². The Morgan fingerprint density at radius 1 is 1.04 bits per heavy atom. The van der Waals surface area contributed by atoms with Gasteiger partial charge in [-0.05, 0) is 47.9 Å². The van der Waals surface area contributed by atoms with Crippen LogP contribution in [0.4, 0.5) is 5.69 Å². The maximum Gasteiger partial charge on any atom is 0.291 e. The molecule has 4 aromatic rings. The van der Waals surface area contributed by atoms with E-state index in [0.717, 1.165) is 27.7 Å². The number of ether oxygens (including phenoxy) is 1. The van der Waals surface area contributed by atoms with Crippen molar-refractivity contribution in [3.8, 4) is 5.75 Å². The molecule has 0 radical (unpaired) electrons. The summed E-state index contributed by atoms with van der Waals surface area (Å²) in [5, 5.41) is 4.61. The number of hydrogen-bond donors (Lipinski definition) is 1. The van der Waals surface area contributed by atoms with Crippen molar-refractivity contribution in [1.29, 1.82) is 0 Å². The Hall–Kier alpha value is -3.34. The zero-order valence-electron chi connectivity index (χ0n) is 15.4. The van der Waals surface area contributed by atoms with E-state index < -0.39 is 0 Å². The Labute approximate surface area is 157 Å². The monoisotopic (exact) mass is 360 g/mol. The van der Waals surface area contributed by atoms with Crippen LogP contribution in [-0.4, -0.2) is 18.0 Å². The van der Waals surface area contributed by atoms with Crippen molar-refractivity contribution < 1.29 is 13.9 Å². The summed E-state index contributed by atoms with van der Waals surface area (Å²) in [6, 6.07) is 17.1. The van der Waals surface area contributed by atoms with Crippen LogP contribution in [0, 0.1) is 0 Å². The number of anilines is 1. The Morgan fingerprint density at radius 2 is 1.81 bits per heavy atom. The third-order valence-electron chi connectivity index (χ3n) is 4.57. The largest absolute Gasteiger partial charge is 0.497 e. The second-order valence-electron chi connectivity index (χ2n) is 6.78. The van der Waals surface area contributed by atoms with Crippen molar-refractivity contribution in [2.75, 3.05) is 12.4 Å². The van der Waals surface area contributed by atoms with Gasteiger partial charge >= 0.3 is 0 Å². The van der Waals surface area contributed by atoms with Crippen LogP contribution in [0.1, 0.15) is 35.9 Å². The summed E-state index contributed by atoms with van der Waals surface area (Å²) in [5.41, 5.74) is 3.14. The molecule has 0 atom stereocenters. The van der Waals surface area contributed by atoms with Crippen molar-refractivity contribution in [1.82, 2.24) is 4.98 Å². The van der Waals surface area contributed by atoms with E-state index in [-0.39, 0.29) is 11.7 Å². The van der Waals surface area contributed by atoms with Crippen LogP contribution in [0.25, 0.3) is 22.0 Å². The lowest BCUT2D eigenvalue weighted by Crippen LogP contribution is -2.10. The number of hydrogen-bond acceptors (Lipinski definition) is 4. The minimum atomic E-state index is -0.299. The maximum atomic E-state index is 12.5. The molecule has 5 nitrogen and oxygen atoms in total. The number of rotatable bonds is 4. The molecule has 0 fully saturated rings. The van der Waals surface area contributed by atoms with Gasteiger partial charge in [0, 0.05) is 22.5 Å². The fourth-order valence-corrected chi connectivity index (χ4v) is 2.99. The van der Waals surface area contributed by atoms with Gasteiger partial charge in [0.05, 0.1) is 12.6 Å². The summed E-state index contributed by atoms with van der Waals surface area (Å²) in [6.07, 6.45) is 0. The predicted octanol–water partition coefficient (Wildman–Crippen LogP) is 5.37. The Bertz CT molecular complexity index is 1130. The van der Waals surface area contributed by atoms with E-state index in [4.69, 9.17) is 9.15 Å². The van der Waals surface area contributed by atoms with E-state index in [2.05, 4.69) is 24.1 Å². The molecule has 0 aliphatic heterocycles. The smallest absolute Gasteiger partial charge is 0.291 e. The summed E-state index contributed by atoms with van der Waals surface area (Å²) in [7, 11) is 1.61. The topological polar surface area (TPSA) is 64.4 Å². The van der Waals surface area contributed by atoms with Crippen LogP contribution < -0.4 is 10.1 Å². The molecular weight excluding hydrogens is 340 g/mol. The highest BCUT2D eigenvalue weighted by atomic mass is 16.5. The van der Waals surface area contributed by atoms with E-state index in [0.29, 0.717) is 11.6 Å². The molecule has 2 aromatic carbocycles. The van der Waals surface area contributed by atoms with Gasteiger partial charge in [-0.3, -0.25) is 4.79 Å². The second-order valence-corrected chi connectivity index (χ2v) is 6.78. The van der Waals surface area contributed by atoms with Crippen LogP contribution in [0.2, 0.25) is 0 Å². The lowest BCUT2D eigenvalue weighted by Gasteiger charge is -2.07. The highest BCUT2D eigenvalue weighted by Crippen LogP contribution is 2.26. The first-order valence-corrected chi connectivity index (χ1v) is 8.83. The number of methoxy groups -OCH3 is 1. The molecule has 1 amide bonds. The molecule has 4 rings (SSSR count). The second kappa shape index (κ2) is 6.76. The number of nitrogens with zero attached hydrogens (tertiary/aromatic N) is 1. The highest BCUT2D eigenvalue weighted by Gasteiger charge is 2.14. The van der Waals surface area contributed by atoms with E-state index in [1.807, 2.05) is 48.5 Å². The van der Waals surface area contributed by atoms with Crippen molar-refractivity contribution >= 4 is 33.6 Å². The number of furan rings is 1. The summed E-state index contributed by atoms with van der Waals surface area (Å²) in [6.45, 7) is 4.27. The molecule has 0 bridgehead atoms. The van der Waals surface area contributed by atoms with Crippen LogP contribution in [0.5, 0.6) is 5.75 Å². The average molecular weight is 360 g/mol. The molecule has 0 aliphatic carbocycles. The first kappa shape index (κ1) is 17.1. The first-order valence-electron chi connectivity index (χ1n) is 8.83. The third-order valence-corrected chi connectivity index (χ3v) is 4.57. The number of benzene rings is 2. The summed E-state index contributed by atoms with van der Waals surface area (Å²) in [5.74, 6) is 1.10. The number of pyridine rings is 1. The zero-order chi connectivity index (χ0) is 19.0. The number of carbonyl (C=O) groups is 1. The highest BCUT2D eigenvalue weighted by molar-refractivity contribution is 6.05. The van der Waals surface area contributed by atoms with Crippen molar-refractivity contribution in [2.24, 2.45) is 0 Å². The van der Waals surface area contributed by atoms with Gasteiger partial charge in [0.15, 0.2) is 5.76 Å². The summed E-state index contributed by atoms with van der Waals surface area (Å²) >= 11 is 0. The van der Waals surface area contributed by atoms with Crippen molar-refractivity contribution in [2.45, 2.75) is 19.8 Å². The molecule has 0 aliphatic rings. The van der Waals surface area contributed by atoms with Crippen LogP contribution in [-0.2, 0) is 0 Å². The van der Waals surface area contributed by atoms with Gasteiger partial charge in [-0.15, -0.1) is 0 Å². The minimum absolute atomic E-state index is 0.229. The molecule has 0 unspecified atom stereocenters. The van der Waals surface area contributed by atoms with Crippen molar-refractivity contribution in [3.63, 3.8) is 0 Å². The minimum Gasteiger partial charge on any atom is -0.497 e. The molecule has 1 N–H and O–H groups in total. The van der Waals surface area contributed by atoms with Crippen LogP contribution >= 0.6 is 0 Å². The number of aromatic nitrogens is 1. The molecular formula is C22H20N2O3. The maximum absolute atomic E-state index is 12.5. The van der Waals surface area contributed by atoms with Crippen LogP contribution in [0.15, 0.2) is 59.0 Å². The van der Waals surface area contributed by atoms with E-state index in [9.17, 15) is 4.79 Å². The fourth-order valence-electron chi connectivity index (χ4n) is 2.99. The molecule has 0 saturated heterocycles. The van der Waals surface area contributed by atoms with Gasteiger partial charge in [0.2, 0.25) is 5.71 Å². The fraction of sp³-hybridized carbons (Fsp3) is 0.182. The van der Waals surface area contributed by atoms with Gasteiger partial charge in [-0.1, -0.05) is 26.0 Å². The number of amides is 1. The van der Waals surface area contributed by atoms with Gasteiger partial charge < -0.3 is 14.5 Å². The van der Waals surface area contributed by atoms with Crippen molar-refractivity contribution in [3.05, 3.63) is 65.9 Å². The van der Waals surface area contributed by atoms with Gasteiger partial charge in [0.1, 0.15) is 5.75 Å². The Kier molecular flexibility index (Phi) is 4.28. The van der Waals surface area contributed by atoms with Gasteiger partial charge in [-0.25, -0.2) is 4.98 Å². The summed E-state index contributed by atoms with van der Waals surface area (Å²) in [4.78, 5) is 17.0. The zero-order valence-corrected chi connectivity index (χ0v) is 15.4. The number of carbonyl (C=O) groups excluding carboxylic acids is 1. The third kappa shape index (κ3) is 3.36. The number of fused-ring (bicyclic) bond motifs is 2. The lowest BCUT2D eigenvalue weighted by molar-refractivity contribution is 0.0998. The van der Waals surface area contributed by atoms with E-state index >= 15 is 0 Å². The molecule has 2 heterocycles. The molecule has 136 valence electrons. The lowest BCUT2D eigenvalue weighted by atomic mass is 10.0. The van der Waals surface area contributed by atoms with E-state index in [1.165, 1.54) is 5.56 Å².